The molecule has 5 heteroatoms. The Morgan fingerprint density at radius 2 is 2.00 bits per heavy atom. The molecule has 4 rings (SSSR count). The first-order valence-corrected chi connectivity index (χ1v) is 11.0. The van der Waals surface area contributed by atoms with Crippen molar-refractivity contribution in [3.63, 3.8) is 0 Å². The fraction of sp³-hybridized carbons (Fsp3) is 0.583. The molecular weight excluding hydrogens is 362 g/mol. The Balaban J connectivity index is 1.24. The lowest BCUT2D eigenvalue weighted by Crippen LogP contribution is -2.40. The number of amides is 2. The minimum atomic E-state index is 0.0777. The number of carbonyl (C=O) groups excluding carboxylic acids is 2. The molecule has 3 heterocycles. The van der Waals surface area contributed by atoms with Gasteiger partial charge in [-0.15, -0.1) is 0 Å². The van der Waals surface area contributed by atoms with Crippen LogP contribution < -0.4 is 0 Å². The summed E-state index contributed by atoms with van der Waals surface area (Å²) >= 11 is 0. The minimum absolute atomic E-state index is 0.0777. The van der Waals surface area contributed by atoms with Crippen molar-refractivity contribution >= 4 is 17.3 Å². The van der Waals surface area contributed by atoms with E-state index in [0.29, 0.717) is 11.8 Å². The normalized spacial score (nSPS) is 24.7. The lowest BCUT2D eigenvalue weighted by atomic mass is 9.92. The molecule has 29 heavy (non-hydrogen) atoms. The van der Waals surface area contributed by atoms with Crippen LogP contribution in [0.5, 0.6) is 0 Å². The van der Waals surface area contributed by atoms with Crippen molar-refractivity contribution in [3.05, 3.63) is 42.2 Å². The number of rotatable bonds is 6. The zero-order valence-corrected chi connectivity index (χ0v) is 17.9. The molecule has 2 aromatic rings. The van der Waals surface area contributed by atoms with Gasteiger partial charge in [-0.3, -0.25) is 9.59 Å². The molecule has 2 amide bonds. The number of likely N-dealkylation sites (tertiary alicyclic amines) is 1. The van der Waals surface area contributed by atoms with Gasteiger partial charge in [-0.2, -0.15) is 0 Å². The Kier molecular flexibility index (Phi) is 5.41. The highest BCUT2D eigenvalue weighted by Crippen LogP contribution is 2.55. The number of hydrogen-bond donors (Lipinski definition) is 0. The minimum Gasteiger partial charge on any atom is -0.342 e. The highest BCUT2D eigenvalue weighted by Gasteiger charge is 2.54. The molecule has 1 saturated heterocycles. The fourth-order valence-electron chi connectivity index (χ4n) is 4.72. The molecule has 2 aromatic heterocycles. The predicted molar refractivity (Wildman–Crippen MR) is 115 cm³/mol. The molecule has 1 saturated carbocycles. The Hall–Kier alpha value is -2.30. The van der Waals surface area contributed by atoms with E-state index in [1.807, 2.05) is 53.0 Å². The molecular formula is C24H33N3O2. The quantitative estimate of drug-likeness (QED) is 0.740. The second kappa shape index (κ2) is 7.85. The number of piperidine rings is 1. The second-order valence-corrected chi connectivity index (χ2v) is 9.31. The maximum atomic E-state index is 12.8. The van der Waals surface area contributed by atoms with E-state index in [-0.39, 0.29) is 17.2 Å². The average Bonchev–Trinajstić information content (AvgIpc) is 3.24. The molecule has 0 radical (unpaired) electrons. The van der Waals surface area contributed by atoms with Crippen molar-refractivity contribution < 1.29 is 9.59 Å². The third-order valence-electron chi connectivity index (χ3n) is 7.35. The van der Waals surface area contributed by atoms with Crippen LogP contribution >= 0.6 is 0 Å². The zero-order chi connectivity index (χ0) is 20.6. The number of hydrogen-bond acceptors (Lipinski definition) is 2. The van der Waals surface area contributed by atoms with E-state index in [2.05, 4.69) is 18.7 Å². The van der Waals surface area contributed by atoms with Gasteiger partial charge in [0, 0.05) is 50.5 Å². The van der Waals surface area contributed by atoms with Gasteiger partial charge in [-0.25, -0.2) is 0 Å². The third kappa shape index (κ3) is 4.05. The van der Waals surface area contributed by atoms with Crippen LogP contribution in [0, 0.1) is 17.3 Å². The molecule has 156 valence electrons. The summed E-state index contributed by atoms with van der Waals surface area (Å²) in [5, 5.41) is 0. The average molecular weight is 396 g/mol. The highest BCUT2D eigenvalue weighted by atomic mass is 16.2. The molecule has 1 aliphatic heterocycles. The summed E-state index contributed by atoms with van der Waals surface area (Å²) < 4.78 is 1.98. The zero-order valence-electron chi connectivity index (χ0n) is 17.9. The predicted octanol–water partition coefficient (Wildman–Crippen LogP) is 4.08. The molecule has 2 aliphatic rings. The maximum Gasteiger partial charge on any atom is 0.255 e. The summed E-state index contributed by atoms with van der Waals surface area (Å²) in [5.41, 5.74) is 2.03. The van der Waals surface area contributed by atoms with Gasteiger partial charge >= 0.3 is 0 Å². The maximum absolute atomic E-state index is 12.8. The van der Waals surface area contributed by atoms with Crippen LogP contribution in [0.25, 0.3) is 5.52 Å². The van der Waals surface area contributed by atoms with Crippen LogP contribution in [0.4, 0.5) is 0 Å². The van der Waals surface area contributed by atoms with E-state index in [4.69, 9.17) is 0 Å². The largest absolute Gasteiger partial charge is 0.342 e. The van der Waals surface area contributed by atoms with Gasteiger partial charge in [0.05, 0.1) is 5.56 Å². The highest BCUT2D eigenvalue weighted by molar-refractivity contribution is 5.95. The van der Waals surface area contributed by atoms with Gasteiger partial charge in [0.1, 0.15) is 0 Å². The van der Waals surface area contributed by atoms with Crippen LogP contribution in [0.3, 0.4) is 0 Å². The summed E-state index contributed by atoms with van der Waals surface area (Å²) in [5.74, 6) is 1.31. The molecule has 2 fully saturated rings. The van der Waals surface area contributed by atoms with Crippen LogP contribution in [-0.4, -0.2) is 52.7 Å². The van der Waals surface area contributed by atoms with Gasteiger partial charge < -0.3 is 14.2 Å². The molecule has 0 aromatic carbocycles. The van der Waals surface area contributed by atoms with E-state index in [1.54, 1.807) is 0 Å². The number of carbonyl (C=O) groups is 2. The Morgan fingerprint density at radius 3 is 2.66 bits per heavy atom. The van der Waals surface area contributed by atoms with Gasteiger partial charge in [0.15, 0.2) is 0 Å². The first kappa shape index (κ1) is 20.0. The number of nitrogens with zero attached hydrogens (tertiary/aromatic N) is 3. The van der Waals surface area contributed by atoms with Crippen LogP contribution in [0.1, 0.15) is 56.3 Å². The molecule has 0 bridgehead atoms. The van der Waals surface area contributed by atoms with Crippen molar-refractivity contribution in [2.24, 2.45) is 17.3 Å². The van der Waals surface area contributed by atoms with Crippen LogP contribution in [-0.2, 0) is 4.79 Å². The lowest BCUT2D eigenvalue weighted by molar-refractivity contribution is -0.134. The van der Waals surface area contributed by atoms with Crippen molar-refractivity contribution in [2.45, 2.75) is 46.0 Å². The molecule has 0 spiro atoms. The summed E-state index contributed by atoms with van der Waals surface area (Å²) in [4.78, 5) is 29.4. The number of fused-ring (bicyclic) bond motifs is 1. The van der Waals surface area contributed by atoms with Crippen molar-refractivity contribution in [1.29, 1.82) is 0 Å². The molecule has 5 nitrogen and oxygen atoms in total. The smallest absolute Gasteiger partial charge is 0.255 e. The van der Waals surface area contributed by atoms with Gasteiger partial charge in [0.25, 0.3) is 5.91 Å². The van der Waals surface area contributed by atoms with Gasteiger partial charge in [0.2, 0.25) is 5.91 Å². The summed E-state index contributed by atoms with van der Waals surface area (Å²) in [7, 11) is 1.89. The van der Waals surface area contributed by atoms with E-state index >= 15 is 0 Å². The standard InChI is InChI=1S/C24H33N3O2/c1-4-24(2)16-21(24)23(29)26-13-9-18(10-14-26)8-12-25(3)22(28)19-15-20-7-5-6-11-27(20)17-19/h5-7,11,15,17-18,21H,4,8-10,12-14,16H2,1-3H3. The Bertz CT molecular complexity index is 863. The van der Waals surface area contributed by atoms with E-state index in [0.717, 1.165) is 62.8 Å². The van der Waals surface area contributed by atoms with Crippen molar-refractivity contribution in [1.82, 2.24) is 14.2 Å². The Morgan fingerprint density at radius 1 is 1.24 bits per heavy atom. The first-order valence-electron chi connectivity index (χ1n) is 11.0. The fourth-order valence-corrected chi connectivity index (χ4v) is 4.72. The second-order valence-electron chi connectivity index (χ2n) is 9.31. The van der Waals surface area contributed by atoms with Gasteiger partial charge in [-0.05, 0) is 61.6 Å². The molecule has 1 aliphatic carbocycles. The third-order valence-corrected chi connectivity index (χ3v) is 7.35. The van der Waals surface area contributed by atoms with E-state index < -0.39 is 0 Å². The van der Waals surface area contributed by atoms with Crippen LogP contribution in [0.2, 0.25) is 0 Å². The molecule has 2 unspecified atom stereocenters. The monoisotopic (exact) mass is 395 g/mol. The summed E-state index contributed by atoms with van der Waals surface area (Å²) in [6.07, 6.45) is 9.14. The van der Waals surface area contributed by atoms with Crippen molar-refractivity contribution in [2.75, 3.05) is 26.7 Å². The molecule has 0 N–H and O–H groups in total. The van der Waals surface area contributed by atoms with Crippen molar-refractivity contribution in [3.8, 4) is 0 Å². The van der Waals surface area contributed by atoms with E-state index in [1.165, 1.54) is 0 Å². The molecule has 2 atom stereocenters. The van der Waals surface area contributed by atoms with Gasteiger partial charge in [-0.1, -0.05) is 19.9 Å². The van der Waals surface area contributed by atoms with Crippen LogP contribution in [0.15, 0.2) is 36.7 Å². The Labute approximate surface area is 173 Å². The number of pyridine rings is 1. The summed E-state index contributed by atoms with van der Waals surface area (Å²) in [6, 6.07) is 7.91. The number of aromatic nitrogens is 1. The SMILES string of the molecule is CCC1(C)CC1C(=O)N1CCC(CCN(C)C(=O)c2cc3ccccn3c2)CC1. The first-order chi connectivity index (χ1) is 13.9. The van der Waals surface area contributed by atoms with E-state index in [9.17, 15) is 9.59 Å². The summed E-state index contributed by atoms with van der Waals surface area (Å²) in [6.45, 7) is 6.95. The topological polar surface area (TPSA) is 45.0 Å². The lowest BCUT2D eigenvalue weighted by Gasteiger charge is -2.33.